The van der Waals surface area contributed by atoms with Gasteiger partial charge in [-0.1, -0.05) is 30.8 Å². The number of rotatable bonds is 5. The van der Waals surface area contributed by atoms with Crippen LogP contribution in [0.5, 0.6) is 0 Å². The summed E-state index contributed by atoms with van der Waals surface area (Å²) < 4.78 is 15.7. The van der Waals surface area contributed by atoms with Crippen molar-refractivity contribution < 1.29 is 4.39 Å². The van der Waals surface area contributed by atoms with Crippen molar-refractivity contribution in [3.05, 3.63) is 51.5 Å². The van der Waals surface area contributed by atoms with Crippen molar-refractivity contribution in [1.82, 2.24) is 14.8 Å². The number of halogens is 1. The molecule has 0 spiro atoms. The van der Waals surface area contributed by atoms with Gasteiger partial charge in [-0.05, 0) is 62.3 Å². The first-order valence-electron chi connectivity index (χ1n) is 9.44. The van der Waals surface area contributed by atoms with Crippen LogP contribution in [-0.4, -0.2) is 14.8 Å². The van der Waals surface area contributed by atoms with Crippen LogP contribution in [-0.2, 0) is 18.6 Å². The summed E-state index contributed by atoms with van der Waals surface area (Å²) in [7, 11) is 0. The van der Waals surface area contributed by atoms with E-state index in [9.17, 15) is 4.39 Å². The zero-order chi connectivity index (χ0) is 19.0. The second-order valence-corrected chi connectivity index (χ2v) is 9.49. The van der Waals surface area contributed by atoms with Crippen LogP contribution in [0.25, 0.3) is 11.4 Å². The smallest absolute Gasteiger partial charge is 0.192 e. The topological polar surface area (TPSA) is 30.7 Å². The average molecular weight is 402 g/mol. The van der Waals surface area contributed by atoms with Crippen molar-refractivity contribution in [2.45, 2.75) is 57.0 Å². The Hall–Kier alpha value is -1.66. The molecule has 4 rings (SSSR count). The standard InChI is InChI=1S/C21H24FN3S2/c1-13(2)25-20(18-12-26-19-9-14(3)7-8-17(18)19)23-24-21(25)27-11-15-5-4-6-16(22)10-15/h4-6,10,12-14H,7-9,11H2,1-3H3. The van der Waals surface area contributed by atoms with E-state index < -0.39 is 0 Å². The number of benzene rings is 1. The van der Waals surface area contributed by atoms with E-state index in [1.54, 1.807) is 23.9 Å². The second-order valence-electron chi connectivity index (χ2n) is 7.59. The van der Waals surface area contributed by atoms with Crippen LogP contribution in [0.4, 0.5) is 4.39 Å². The highest BCUT2D eigenvalue weighted by Crippen LogP contribution is 2.39. The summed E-state index contributed by atoms with van der Waals surface area (Å²) in [5, 5.41) is 12.2. The van der Waals surface area contributed by atoms with Crippen molar-refractivity contribution in [1.29, 1.82) is 0 Å². The van der Waals surface area contributed by atoms with Gasteiger partial charge in [0.1, 0.15) is 5.82 Å². The van der Waals surface area contributed by atoms with Crippen molar-refractivity contribution in [3.8, 4) is 11.4 Å². The molecule has 0 fully saturated rings. The molecule has 0 N–H and O–H groups in total. The highest BCUT2D eigenvalue weighted by atomic mass is 32.2. The molecule has 2 heterocycles. The zero-order valence-electron chi connectivity index (χ0n) is 15.9. The lowest BCUT2D eigenvalue weighted by Gasteiger charge is -2.19. The van der Waals surface area contributed by atoms with Crippen LogP contribution >= 0.6 is 23.1 Å². The Morgan fingerprint density at radius 3 is 2.96 bits per heavy atom. The molecule has 27 heavy (non-hydrogen) atoms. The molecule has 1 atom stereocenters. The first-order chi connectivity index (χ1) is 13.0. The van der Waals surface area contributed by atoms with E-state index >= 15 is 0 Å². The number of thioether (sulfide) groups is 1. The summed E-state index contributed by atoms with van der Waals surface area (Å²) in [6.45, 7) is 6.67. The molecule has 2 aromatic heterocycles. The van der Waals surface area contributed by atoms with E-state index in [4.69, 9.17) is 0 Å². The Morgan fingerprint density at radius 2 is 2.19 bits per heavy atom. The third kappa shape index (κ3) is 3.83. The van der Waals surface area contributed by atoms with Gasteiger partial charge in [0.2, 0.25) is 0 Å². The predicted octanol–water partition coefficient (Wildman–Crippen LogP) is 6.14. The second kappa shape index (κ2) is 7.76. The van der Waals surface area contributed by atoms with Gasteiger partial charge in [-0.25, -0.2) is 4.39 Å². The monoisotopic (exact) mass is 401 g/mol. The molecule has 0 aliphatic heterocycles. The maximum Gasteiger partial charge on any atom is 0.192 e. The maximum atomic E-state index is 13.4. The maximum absolute atomic E-state index is 13.4. The lowest BCUT2D eigenvalue weighted by Crippen LogP contribution is -2.10. The largest absolute Gasteiger partial charge is 0.299 e. The van der Waals surface area contributed by atoms with Crippen LogP contribution in [0.3, 0.4) is 0 Å². The van der Waals surface area contributed by atoms with Crippen molar-refractivity contribution in [2.75, 3.05) is 0 Å². The third-order valence-corrected chi connectivity index (χ3v) is 7.15. The van der Waals surface area contributed by atoms with Crippen LogP contribution in [0, 0.1) is 11.7 Å². The highest BCUT2D eigenvalue weighted by Gasteiger charge is 2.25. The quantitative estimate of drug-likeness (QED) is 0.481. The molecule has 1 aliphatic rings. The highest BCUT2D eigenvalue weighted by molar-refractivity contribution is 7.98. The summed E-state index contributed by atoms with van der Waals surface area (Å²) in [4.78, 5) is 1.51. The van der Waals surface area contributed by atoms with E-state index in [1.165, 1.54) is 34.9 Å². The molecule has 0 saturated heterocycles. The van der Waals surface area contributed by atoms with Gasteiger partial charge in [0, 0.05) is 27.6 Å². The number of hydrogen-bond donors (Lipinski definition) is 0. The molecule has 0 bridgehead atoms. The average Bonchev–Trinajstić information content (AvgIpc) is 3.23. The fourth-order valence-corrected chi connectivity index (χ4v) is 5.92. The first-order valence-corrected chi connectivity index (χ1v) is 11.3. The van der Waals surface area contributed by atoms with Crippen LogP contribution < -0.4 is 0 Å². The molecule has 0 saturated carbocycles. The molecule has 1 unspecified atom stereocenters. The van der Waals surface area contributed by atoms with Gasteiger partial charge in [0.05, 0.1) is 0 Å². The van der Waals surface area contributed by atoms with Crippen molar-refractivity contribution in [3.63, 3.8) is 0 Å². The minimum atomic E-state index is -0.196. The number of fused-ring (bicyclic) bond motifs is 1. The molecule has 1 aromatic carbocycles. The molecule has 3 nitrogen and oxygen atoms in total. The van der Waals surface area contributed by atoms with Gasteiger partial charge in [-0.3, -0.25) is 4.57 Å². The Kier molecular flexibility index (Phi) is 5.37. The van der Waals surface area contributed by atoms with Gasteiger partial charge in [0.15, 0.2) is 11.0 Å². The molecule has 3 aromatic rings. The zero-order valence-corrected chi connectivity index (χ0v) is 17.5. The number of thiophene rings is 1. The van der Waals surface area contributed by atoms with Gasteiger partial charge in [0.25, 0.3) is 0 Å². The Bertz CT molecular complexity index is 945. The van der Waals surface area contributed by atoms with Gasteiger partial charge in [-0.2, -0.15) is 0 Å². The predicted molar refractivity (Wildman–Crippen MR) is 111 cm³/mol. The number of aromatic nitrogens is 3. The first kappa shape index (κ1) is 18.7. The summed E-state index contributed by atoms with van der Waals surface area (Å²) >= 11 is 3.48. The Labute approximate surface area is 168 Å². The van der Waals surface area contributed by atoms with Gasteiger partial charge in [-0.15, -0.1) is 21.5 Å². The van der Waals surface area contributed by atoms with Crippen LogP contribution in [0.1, 0.15) is 49.2 Å². The van der Waals surface area contributed by atoms with Crippen molar-refractivity contribution >= 4 is 23.1 Å². The molecular weight excluding hydrogens is 377 g/mol. The minimum Gasteiger partial charge on any atom is -0.299 e. The Morgan fingerprint density at radius 1 is 1.33 bits per heavy atom. The van der Waals surface area contributed by atoms with E-state index in [-0.39, 0.29) is 11.9 Å². The molecule has 142 valence electrons. The molecule has 1 aliphatic carbocycles. The number of nitrogens with zero attached hydrogens (tertiary/aromatic N) is 3. The lowest BCUT2D eigenvalue weighted by atomic mass is 9.88. The molecule has 6 heteroatoms. The van der Waals surface area contributed by atoms with E-state index in [2.05, 4.69) is 40.9 Å². The molecular formula is C21H24FN3S2. The van der Waals surface area contributed by atoms with E-state index in [1.807, 2.05) is 17.4 Å². The van der Waals surface area contributed by atoms with E-state index in [0.29, 0.717) is 5.75 Å². The normalized spacial score (nSPS) is 16.7. The van der Waals surface area contributed by atoms with E-state index in [0.717, 1.165) is 28.9 Å². The molecule has 0 radical (unpaired) electrons. The summed E-state index contributed by atoms with van der Waals surface area (Å²) in [5.74, 6) is 2.23. The van der Waals surface area contributed by atoms with Crippen LogP contribution in [0.2, 0.25) is 0 Å². The van der Waals surface area contributed by atoms with Gasteiger partial charge >= 0.3 is 0 Å². The fraction of sp³-hybridized carbons (Fsp3) is 0.429. The third-order valence-electron chi connectivity index (χ3n) is 5.08. The van der Waals surface area contributed by atoms with Crippen LogP contribution in [0.15, 0.2) is 34.8 Å². The SMILES string of the molecule is CC1CCc2c(-c3nnc(SCc4cccc(F)c4)n3C(C)C)csc2C1. The lowest BCUT2D eigenvalue weighted by molar-refractivity contribution is 0.507. The summed E-state index contributed by atoms with van der Waals surface area (Å²) in [6, 6.07) is 7.03. The molecule has 0 amide bonds. The summed E-state index contributed by atoms with van der Waals surface area (Å²) in [5.41, 5.74) is 3.68. The summed E-state index contributed by atoms with van der Waals surface area (Å²) in [6.07, 6.45) is 3.55. The number of hydrogen-bond acceptors (Lipinski definition) is 4. The van der Waals surface area contributed by atoms with Crippen molar-refractivity contribution in [2.24, 2.45) is 5.92 Å². The fourth-order valence-electron chi connectivity index (χ4n) is 3.66. The Balaban J connectivity index is 1.64. The van der Waals surface area contributed by atoms with Gasteiger partial charge < -0.3 is 0 Å². The minimum absolute atomic E-state index is 0.196.